The molecule has 2 aliphatic rings. The van der Waals surface area contributed by atoms with Crippen LogP contribution in [0.1, 0.15) is 22.5 Å². The van der Waals surface area contributed by atoms with E-state index >= 15 is 0 Å². The minimum atomic E-state index is -0.293. The first-order valence-corrected chi connectivity index (χ1v) is 13.8. The molecule has 0 atom stereocenters. The van der Waals surface area contributed by atoms with Gasteiger partial charge >= 0.3 is 0 Å². The molecular formula is C30H28ClN5O5. The number of carbonyl (C=O) groups excluding carboxylic acids is 2. The van der Waals surface area contributed by atoms with E-state index in [9.17, 15) is 9.59 Å². The lowest BCUT2D eigenvalue weighted by Gasteiger charge is -2.27. The number of rotatable bonds is 7. The van der Waals surface area contributed by atoms with Crippen LogP contribution >= 0.6 is 11.6 Å². The molecule has 0 unspecified atom stereocenters. The van der Waals surface area contributed by atoms with Gasteiger partial charge in [0.2, 0.25) is 12.7 Å². The molecule has 2 aromatic carbocycles. The minimum Gasteiger partial charge on any atom is -0.467 e. The van der Waals surface area contributed by atoms with Crippen molar-refractivity contribution in [3.05, 3.63) is 89.3 Å². The van der Waals surface area contributed by atoms with Crippen LogP contribution in [0.3, 0.4) is 0 Å². The fourth-order valence-electron chi connectivity index (χ4n) is 4.97. The second-order valence-corrected chi connectivity index (χ2v) is 10.2. The highest BCUT2D eigenvalue weighted by molar-refractivity contribution is 6.33. The molecule has 2 aromatic heterocycles. The number of hydrogen-bond acceptors (Lipinski definition) is 8. The second kappa shape index (κ2) is 11.9. The van der Waals surface area contributed by atoms with Gasteiger partial charge in [-0.2, -0.15) is 0 Å². The molecule has 10 nitrogen and oxygen atoms in total. The summed E-state index contributed by atoms with van der Waals surface area (Å²) in [4.78, 5) is 32.4. The third-order valence-corrected chi connectivity index (χ3v) is 7.46. The molecule has 0 spiro atoms. The maximum absolute atomic E-state index is 13.5. The third-order valence-electron chi connectivity index (χ3n) is 7.13. The smallest absolute Gasteiger partial charge is 0.254 e. The van der Waals surface area contributed by atoms with Crippen molar-refractivity contribution in [2.75, 3.05) is 44.4 Å². The van der Waals surface area contributed by atoms with E-state index in [0.717, 1.165) is 24.3 Å². The summed E-state index contributed by atoms with van der Waals surface area (Å²) in [5, 5.41) is 9.44. The summed E-state index contributed by atoms with van der Waals surface area (Å²) < 4.78 is 16.3. The van der Waals surface area contributed by atoms with Crippen LogP contribution in [0.4, 0.5) is 5.82 Å². The summed E-state index contributed by atoms with van der Waals surface area (Å²) in [7, 11) is 0. The molecular weight excluding hydrogens is 546 g/mol. The number of amides is 2. The van der Waals surface area contributed by atoms with Gasteiger partial charge in [0.25, 0.3) is 5.91 Å². The van der Waals surface area contributed by atoms with Gasteiger partial charge in [-0.15, -0.1) is 10.2 Å². The Bertz CT molecular complexity index is 1530. The van der Waals surface area contributed by atoms with Gasteiger partial charge in [0.1, 0.15) is 12.3 Å². The van der Waals surface area contributed by atoms with Crippen molar-refractivity contribution < 1.29 is 23.5 Å². The molecule has 41 heavy (non-hydrogen) atoms. The molecule has 1 fully saturated rings. The van der Waals surface area contributed by atoms with Crippen molar-refractivity contribution >= 4 is 29.2 Å². The summed E-state index contributed by atoms with van der Waals surface area (Å²) in [6.45, 7) is 2.60. The van der Waals surface area contributed by atoms with Gasteiger partial charge in [0.15, 0.2) is 17.3 Å². The van der Waals surface area contributed by atoms with Crippen LogP contribution in [0, 0.1) is 0 Å². The number of carbonyl (C=O) groups is 2. The van der Waals surface area contributed by atoms with E-state index in [-0.39, 0.29) is 31.7 Å². The van der Waals surface area contributed by atoms with Crippen LogP contribution < -0.4 is 14.4 Å². The molecule has 2 aliphatic heterocycles. The van der Waals surface area contributed by atoms with Crippen LogP contribution in [0.25, 0.3) is 11.3 Å². The molecule has 0 saturated carbocycles. The molecule has 6 rings (SSSR count). The summed E-state index contributed by atoms with van der Waals surface area (Å²) in [6, 6.07) is 19.9. The maximum Gasteiger partial charge on any atom is 0.254 e. The van der Waals surface area contributed by atoms with Crippen LogP contribution in [0.5, 0.6) is 11.5 Å². The summed E-state index contributed by atoms with van der Waals surface area (Å²) in [5.41, 5.74) is 1.94. The van der Waals surface area contributed by atoms with Crippen LogP contribution in [0.2, 0.25) is 5.02 Å². The quantitative estimate of drug-likeness (QED) is 0.318. The number of halogens is 1. The summed E-state index contributed by atoms with van der Waals surface area (Å²) >= 11 is 6.31. The molecule has 1 saturated heterocycles. The second-order valence-electron chi connectivity index (χ2n) is 9.79. The van der Waals surface area contributed by atoms with Gasteiger partial charge in [0, 0.05) is 37.3 Å². The molecule has 11 heteroatoms. The molecule has 0 aliphatic carbocycles. The Hall–Kier alpha value is -4.57. The number of ether oxygens (including phenoxy) is 2. The van der Waals surface area contributed by atoms with E-state index < -0.39 is 0 Å². The van der Waals surface area contributed by atoms with Crippen molar-refractivity contribution in [1.82, 2.24) is 20.0 Å². The lowest BCUT2D eigenvalue weighted by atomic mass is 10.1. The van der Waals surface area contributed by atoms with Crippen LogP contribution in [-0.4, -0.2) is 71.3 Å². The van der Waals surface area contributed by atoms with Gasteiger partial charge < -0.3 is 28.6 Å². The van der Waals surface area contributed by atoms with Gasteiger partial charge in [-0.05, 0) is 55.0 Å². The largest absolute Gasteiger partial charge is 0.467 e. The Morgan fingerprint density at radius 3 is 2.59 bits per heavy atom. The lowest BCUT2D eigenvalue weighted by molar-refractivity contribution is -0.131. The molecule has 4 heterocycles. The minimum absolute atomic E-state index is 0.0830. The maximum atomic E-state index is 13.5. The number of fused-ring (bicyclic) bond motifs is 1. The average molecular weight is 574 g/mol. The Kier molecular flexibility index (Phi) is 7.73. The van der Waals surface area contributed by atoms with E-state index in [2.05, 4.69) is 15.1 Å². The van der Waals surface area contributed by atoms with Crippen LogP contribution in [-0.2, 0) is 11.3 Å². The average Bonchev–Trinajstić information content (AvgIpc) is 3.63. The molecule has 0 bridgehead atoms. The molecule has 0 N–H and O–H groups in total. The first kappa shape index (κ1) is 26.6. The number of hydrogen-bond donors (Lipinski definition) is 0. The van der Waals surface area contributed by atoms with Crippen molar-refractivity contribution in [2.45, 2.75) is 13.0 Å². The standard InChI is InChI=1S/C30H28ClN5O5/c31-24-7-2-1-6-23(24)25-9-11-28(33-32-25)34-12-4-13-35(15-14-34)29(37)19-36(18-22-5-3-16-39-22)30(38)21-8-10-26-27(17-21)41-20-40-26/h1-3,5-11,16-17H,4,12-15,18-20H2. The van der Waals surface area contributed by atoms with E-state index in [1.807, 2.05) is 36.4 Å². The van der Waals surface area contributed by atoms with Gasteiger partial charge in [-0.3, -0.25) is 9.59 Å². The zero-order chi connectivity index (χ0) is 28.2. The number of anilines is 1. The zero-order valence-corrected chi connectivity index (χ0v) is 23.0. The third kappa shape index (κ3) is 5.97. The fraction of sp³-hybridized carbons (Fsp3) is 0.267. The van der Waals surface area contributed by atoms with Crippen molar-refractivity contribution in [3.8, 4) is 22.8 Å². The highest BCUT2D eigenvalue weighted by Crippen LogP contribution is 2.33. The van der Waals surface area contributed by atoms with E-state index in [4.69, 9.17) is 25.5 Å². The van der Waals surface area contributed by atoms with Crippen molar-refractivity contribution in [2.24, 2.45) is 0 Å². The summed E-state index contributed by atoms with van der Waals surface area (Å²) in [5.74, 6) is 2.01. The molecule has 4 aromatic rings. The van der Waals surface area contributed by atoms with Gasteiger partial charge in [-0.25, -0.2) is 0 Å². The first-order valence-electron chi connectivity index (χ1n) is 13.4. The first-order chi connectivity index (χ1) is 20.0. The normalized spacial score (nSPS) is 14.6. The van der Waals surface area contributed by atoms with E-state index in [1.54, 1.807) is 41.5 Å². The lowest BCUT2D eigenvalue weighted by Crippen LogP contribution is -2.44. The Morgan fingerprint density at radius 1 is 0.902 bits per heavy atom. The molecule has 2 amide bonds. The van der Waals surface area contributed by atoms with Crippen molar-refractivity contribution in [1.29, 1.82) is 0 Å². The molecule has 0 radical (unpaired) electrons. The summed E-state index contributed by atoms with van der Waals surface area (Å²) in [6.07, 6.45) is 2.31. The fourth-order valence-corrected chi connectivity index (χ4v) is 5.20. The Balaban J connectivity index is 1.12. The van der Waals surface area contributed by atoms with Crippen molar-refractivity contribution in [3.63, 3.8) is 0 Å². The number of aromatic nitrogens is 2. The highest BCUT2D eigenvalue weighted by Gasteiger charge is 2.27. The van der Waals surface area contributed by atoms with E-state index in [1.165, 1.54) is 4.90 Å². The zero-order valence-electron chi connectivity index (χ0n) is 22.2. The van der Waals surface area contributed by atoms with Gasteiger partial charge in [0.05, 0.1) is 23.5 Å². The number of benzene rings is 2. The SMILES string of the molecule is O=C(CN(Cc1ccco1)C(=O)c1ccc2c(c1)OCO2)N1CCCN(c2ccc(-c3ccccc3Cl)nn2)CC1. The number of nitrogens with zero attached hydrogens (tertiary/aromatic N) is 5. The predicted molar refractivity (Wildman–Crippen MR) is 152 cm³/mol. The van der Waals surface area contributed by atoms with E-state index in [0.29, 0.717) is 53.2 Å². The Labute approximate surface area is 242 Å². The number of furan rings is 1. The molecule has 210 valence electrons. The Morgan fingerprint density at radius 2 is 1.78 bits per heavy atom. The van der Waals surface area contributed by atoms with Gasteiger partial charge in [-0.1, -0.05) is 29.8 Å². The topological polar surface area (TPSA) is 101 Å². The predicted octanol–water partition coefficient (Wildman–Crippen LogP) is 4.50. The van der Waals surface area contributed by atoms with Crippen LogP contribution in [0.15, 0.2) is 77.4 Å². The highest BCUT2D eigenvalue weighted by atomic mass is 35.5. The monoisotopic (exact) mass is 573 g/mol.